The number of nitrogens with one attached hydrogen (secondary N) is 2. The number of amides is 1. The van der Waals surface area contributed by atoms with Crippen LogP contribution in [-0.2, 0) is 10.3 Å². The standard InChI is InChI=1S/C15H16FN7O/c16-10-5-4-6-11-12(10)13(20-19-11)18-14(24)15(7-2-1-3-8-15)23-9-17-21-22-23/h4-6,9H,1-3,7-8H2,(H2,18,19,20,24). The minimum Gasteiger partial charge on any atom is -0.306 e. The van der Waals surface area contributed by atoms with Gasteiger partial charge in [-0.15, -0.1) is 5.10 Å². The number of hydrogen-bond acceptors (Lipinski definition) is 5. The van der Waals surface area contributed by atoms with E-state index in [2.05, 4.69) is 31.0 Å². The second kappa shape index (κ2) is 5.66. The number of hydrogen-bond donors (Lipinski definition) is 2. The quantitative estimate of drug-likeness (QED) is 0.765. The van der Waals surface area contributed by atoms with E-state index in [0.29, 0.717) is 18.4 Å². The Hall–Kier alpha value is -2.84. The summed E-state index contributed by atoms with van der Waals surface area (Å²) in [6.45, 7) is 0. The number of carbonyl (C=O) groups excluding carboxylic acids is 1. The fourth-order valence-corrected chi connectivity index (χ4v) is 3.40. The molecule has 3 aromatic rings. The van der Waals surface area contributed by atoms with Crippen LogP contribution in [0.1, 0.15) is 32.1 Å². The molecule has 0 aliphatic heterocycles. The lowest BCUT2D eigenvalue weighted by atomic mass is 9.81. The molecule has 2 heterocycles. The van der Waals surface area contributed by atoms with Crippen LogP contribution in [0.3, 0.4) is 0 Å². The molecule has 0 saturated heterocycles. The molecule has 0 bridgehead atoms. The molecule has 0 radical (unpaired) electrons. The normalized spacial score (nSPS) is 17.0. The molecule has 1 aromatic carbocycles. The van der Waals surface area contributed by atoms with Crippen molar-refractivity contribution in [3.8, 4) is 0 Å². The summed E-state index contributed by atoms with van der Waals surface area (Å²) >= 11 is 0. The van der Waals surface area contributed by atoms with E-state index in [1.54, 1.807) is 12.1 Å². The summed E-state index contributed by atoms with van der Waals surface area (Å²) < 4.78 is 15.6. The van der Waals surface area contributed by atoms with Crippen molar-refractivity contribution >= 4 is 22.6 Å². The highest BCUT2D eigenvalue weighted by molar-refractivity contribution is 6.02. The Morgan fingerprint density at radius 1 is 1.29 bits per heavy atom. The predicted molar refractivity (Wildman–Crippen MR) is 83.6 cm³/mol. The van der Waals surface area contributed by atoms with Crippen molar-refractivity contribution in [3.05, 3.63) is 30.3 Å². The molecule has 1 amide bonds. The third-order valence-electron chi connectivity index (χ3n) is 4.66. The molecule has 1 aliphatic rings. The monoisotopic (exact) mass is 329 g/mol. The van der Waals surface area contributed by atoms with E-state index in [4.69, 9.17) is 0 Å². The lowest BCUT2D eigenvalue weighted by Gasteiger charge is -2.34. The van der Waals surface area contributed by atoms with Crippen LogP contribution in [0.4, 0.5) is 10.2 Å². The third kappa shape index (κ3) is 2.24. The van der Waals surface area contributed by atoms with Gasteiger partial charge in [0.25, 0.3) is 5.91 Å². The number of halogens is 1. The van der Waals surface area contributed by atoms with Gasteiger partial charge in [0, 0.05) is 0 Å². The molecule has 2 aromatic heterocycles. The first-order valence-electron chi connectivity index (χ1n) is 7.88. The fourth-order valence-electron chi connectivity index (χ4n) is 3.40. The third-order valence-corrected chi connectivity index (χ3v) is 4.66. The first-order chi connectivity index (χ1) is 11.7. The number of tetrazole rings is 1. The van der Waals surface area contributed by atoms with Crippen LogP contribution in [0.25, 0.3) is 10.9 Å². The van der Waals surface area contributed by atoms with Crippen LogP contribution in [0.15, 0.2) is 24.5 Å². The van der Waals surface area contributed by atoms with Crippen molar-refractivity contribution in [2.75, 3.05) is 5.32 Å². The molecular weight excluding hydrogens is 313 g/mol. The Bertz CT molecular complexity index is 867. The predicted octanol–water partition coefficient (Wildman–Crippen LogP) is 1.99. The maximum absolute atomic E-state index is 14.1. The number of benzene rings is 1. The first-order valence-corrected chi connectivity index (χ1v) is 7.88. The Balaban J connectivity index is 1.71. The number of H-pyrrole nitrogens is 1. The minimum absolute atomic E-state index is 0.186. The Labute approximate surface area is 136 Å². The highest BCUT2D eigenvalue weighted by Gasteiger charge is 2.43. The van der Waals surface area contributed by atoms with Gasteiger partial charge in [0.15, 0.2) is 5.82 Å². The molecule has 4 rings (SSSR count). The second-order valence-electron chi connectivity index (χ2n) is 6.04. The van der Waals surface area contributed by atoms with E-state index in [1.807, 2.05) is 0 Å². The number of anilines is 1. The van der Waals surface area contributed by atoms with Crippen molar-refractivity contribution in [1.82, 2.24) is 30.4 Å². The van der Waals surface area contributed by atoms with Crippen LogP contribution in [0, 0.1) is 5.82 Å². The van der Waals surface area contributed by atoms with E-state index in [-0.39, 0.29) is 17.1 Å². The van der Waals surface area contributed by atoms with Gasteiger partial charge in [-0.2, -0.15) is 5.10 Å². The molecule has 1 saturated carbocycles. The maximum atomic E-state index is 14.1. The second-order valence-corrected chi connectivity index (χ2v) is 6.04. The molecule has 124 valence electrons. The SMILES string of the molecule is O=C(Nc1n[nH]c2cccc(F)c12)C1(n2cnnn2)CCCCC1. The number of aromatic amines is 1. The summed E-state index contributed by atoms with van der Waals surface area (Å²) in [5.41, 5.74) is -0.330. The van der Waals surface area contributed by atoms with Gasteiger partial charge >= 0.3 is 0 Å². The zero-order valence-corrected chi connectivity index (χ0v) is 12.9. The first kappa shape index (κ1) is 14.7. The molecule has 8 nitrogen and oxygen atoms in total. The topological polar surface area (TPSA) is 101 Å². The van der Waals surface area contributed by atoms with Gasteiger partial charge in [-0.25, -0.2) is 9.07 Å². The largest absolute Gasteiger partial charge is 0.306 e. The molecule has 1 aliphatic carbocycles. The van der Waals surface area contributed by atoms with Crippen LogP contribution >= 0.6 is 0 Å². The molecule has 0 atom stereocenters. The van der Waals surface area contributed by atoms with Crippen molar-refractivity contribution in [2.45, 2.75) is 37.6 Å². The lowest BCUT2D eigenvalue weighted by molar-refractivity contribution is -0.126. The van der Waals surface area contributed by atoms with Gasteiger partial charge in [0.2, 0.25) is 0 Å². The molecule has 24 heavy (non-hydrogen) atoms. The number of fused-ring (bicyclic) bond motifs is 1. The van der Waals surface area contributed by atoms with Crippen LogP contribution in [0.5, 0.6) is 0 Å². The Kier molecular flexibility index (Phi) is 3.47. The molecule has 0 unspecified atom stereocenters. The van der Waals surface area contributed by atoms with Gasteiger partial charge in [0.05, 0.1) is 10.9 Å². The van der Waals surface area contributed by atoms with Gasteiger partial charge < -0.3 is 5.32 Å². The molecule has 2 N–H and O–H groups in total. The van der Waals surface area contributed by atoms with E-state index in [1.165, 1.54) is 17.1 Å². The van der Waals surface area contributed by atoms with Crippen LogP contribution in [-0.4, -0.2) is 36.3 Å². The summed E-state index contributed by atoms with van der Waals surface area (Å²) in [4.78, 5) is 13.0. The lowest BCUT2D eigenvalue weighted by Crippen LogP contribution is -2.47. The van der Waals surface area contributed by atoms with Gasteiger partial charge in [0.1, 0.15) is 17.7 Å². The van der Waals surface area contributed by atoms with Crippen LogP contribution in [0.2, 0.25) is 0 Å². The zero-order chi connectivity index (χ0) is 16.6. The smallest absolute Gasteiger partial charge is 0.253 e. The summed E-state index contributed by atoms with van der Waals surface area (Å²) in [5, 5.41) is 21.1. The van der Waals surface area contributed by atoms with Gasteiger partial charge in [-0.3, -0.25) is 9.89 Å². The fraction of sp³-hybridized carbons (Fsp3) is 0.400. The van der Waals surface area contributed by atoms with E-state index >= 15 is 0 Å². The van der Waals surface area contributed by atoms with Crippen LogP contribution < -0.4 is 5.32 Å². The highest BCUT2D eigenvalue weighted by Crippen LogP contribution is 2.36. The minimum atomic E-state index is -0.863. The molecular formula is C15H16FN7O. The zero-order valence-electron chi connectivity index (χ0n) is 12.9. The summed E-state index contributed by atoms with van der Waals surface area (Å²) in [5.74, 6) is -0.519. The number of nitrogens with zero attached hydrogens (tertiary/aromatic N) is 5. The van der Waals surface area contributed by atoms with E-state index < -0.39 is 11.4 Å². The van der Waals surface area contributed by atoms with Gasteiger partial charge in [-0.05, 0) is 35.4 Å². The van der Waals surface area contributed by atoms with Gasteiger partial charge in [-0.1, -0.05) is 25.3 Å². The molecule has 9 heteroatoms. The number of carbonyl (C=O) groups is 1. The Morgan fingerprint density at radius 3 is 2.88 bits per heavy atom. The maximum Gasteiger partial charge on any atom is 0.253 e. The summed E-state index contributed by atoms with van der Waals surface area (Å²) in [7, 11) is 0. The Morgan fingerprint density at radius 2 is 2.12 bits per heavy atom. The molecule has 1 fully saturated rings. The van der Waals surface area contributed by atoms with E-state index in [0.717, 1.165) is 19.3 Å². The van der Waals surface area contributed by atoms with Crippen molar-refractivity contribution in [2.24, 2.45) is 0 Å². The highest BCUT2D eigenvalue weighted by atomic mass is 19.1. The number of rotatable bonds is 3. The summed E-state index contributed by atoms with van der Waals surface area (Å²) in [6.07, 6.45) is 5.60. The molecule has 0 spiro atoms. The van der Waals surface area contributed by atoms with Crippen molar-refractivity contribution < 1.29 is 9.18 Å². The summed E-state index contributed by atoms with van der Waals surface area (Å²) in [6, 6.07) is 4.63. The van der Waals surface area contributed by atoms with Crippen molar-refractivity contribution in [3.63, 3.8) is 0 Å². The number of aromatic nitrogens is 6. The average molecular weight is 329 g/mol. The van der Waals surface area contributed by atoms with E-state index in [9.17, 15) is 9.18 Å². The van der Waals surface area contributed by atoms with Crippen molar-refractivity contribution in [1.29, 1.82) is 0 Å². The average Bonchev–Trinajstić information content (AvgIpc) is 3.26.